The Labute approximate surface area is 93.3 Å². The van der Waals surface area contributed by atoms with E-state index in [1.165, 1.54) is 5.56 Å². The van der Waals surface area contributed by atoms with Crippen LogP contribution >= 0.6 is 0 Å². The summed E-state index contributed by atoms with van der Waals surface area (Å²) in [7, 11) is 2.89. The molecule has 0 radical (unpaired) electrons. The third-order valence-electron chi connectivity index (χ3n) is 2.15. The summed E-state index contributed by atoms with van der Waals surface area (Å²) >= 11 is 0. The van der Waals surface area contributed by atoms with Gasteiger partial charge in [0.15, 0.2) is 9.76 Å². The van der Waals surface area contributed by atoms with Crippen molar-refractivity contribution in [2.75, 3.05) is 20.8 Å². The molecule has 4 heteroatoms. The zero-order valence-electron chi connectivity index (χ0n) is 9.58. The van der Waals surface area contributed by atoms with E-state index in [9.17, 15) is 0 Å². The van der Waals surface area contributed by atoms with Crippen LogP contribution in [0.1, 0.15) is 12.5 Å². The van der Waals surface area contributed by atoms with Crippen LogP contribution in [0.4, 0.5) is 0 Å². The molecule has 0 saturated heterocycles. The monoisotopic (exact) mass is 226 g/mol. The van der Waals surface area contributed by atoms with Gasteiger partial charge >= 0.3 is 0 Å². The molecule has 0 amide bonds. The van der Waals surface area contributed by atoms with Crippen LogP contribution < -0.4 is 9.47 Å². The summed E-state index contributed by atoms with van der Waals surface area (Å²) in [6, 6.07) is 6.97. The first-order chi connectivity index (χ1) is 7.30. The lowest BCUT2D eigenvalue weighted by molar-refractivity contribution is 0.359. The fourth-order valence-electron chi connectivity index (χ4n) is 1.35. The third kappa shape index (κ3) is 3.93. The quantitative estimate of drug-likeness (QED) is 0.541. The van der Waals surface area contributed by atoms with Crippen LogP contribution in [-0.4, -0.2) is 30.6 Å². The van der Waals surface area contributed by atoms with Crippen molar-refractivity contribution in [3.8, 4) is 11.5 Å². The first-order valence-electron chi connectivity index (χ1n) is 5.09. The molecule has 0 unspecified atom stereocenters. The van der Waals surface area contributed by atoms with Crippen molar-refractivity contribution < 1.29 is 13.9 Å². The molecule has 0 aliphatic carbocycles. The molecule has 0 bridgehead atoms. The van der Waals surface area contributed by atoms with Gasteiger partial charge in [0, 0.05) is 12.7 Å². The molecule has 1 aromatic rings. The van der Waals surface area contributed by atoms with Crippen molar-refractivity contribution in [3.63, 3.8) is 0 Å². The Morgan fingerprint density at radius 2 is 1.67 bits per heavy atom. The molecule has 84 valence electrons. The first kappa shape index (κ1) is 12.1. The summed E-state index contributed by atoms with van der Waals surface area (Å²) in [5.74, 6) is 1.68. The summed E-state index contributed by atoms with van der Waals surface area (Å²) in [6.45, 7) is 2.84. The molecule has 0 saturated carbocycles. The van der Waals surface area contributed by atoms with Gasteiger partial charge in [-0.3, -0.25) is 0 Å². The summed E-state index contributed by atoms with van der Waals surface area (Å²) in [6.07, 6.45) is 0. The van der Waals surface area contributed by atoms with Crippen LogP contribution in [0.25, 0.3) is 0 Å². The molecule has 0 spiro atoms. The highest BCUT2D eigenvalue weighted by Crippen LogP contribution is 2.22. The Kier molecular flexibility index (Phi) is 5.21. The van der Waals surface area contributed by atoms with E-state index in [4.69, 9.17) is 13.9 Å². The van der Waals surface area contributed by atoms with Gasteiger partial charge in [0.1, 0.15) is 11.5 Å². The van der Waals surface area contributed by atoms with Crippen LogP contribution in [0, 0.1) is 0 Å². The SMILES string of the molecule is CCO[SiH2]Cc1cc(OC)cc(OC)c1. The minimum atomic E-state index is -0.445. The van der Waals surface area contributed by atoms with Crippen LogP contribution in [0.3, 0.4) is 0 Å². The topological polar surface area (TPSA) is 27.7 Å². The van der Waals surface area contributed by atoms with Crippen molar-refractivity contribution in [1.82, 2.24) is 0 Å². The minimum absolute atomic E-state index is 0.445. The van der Waals surface area contributed by atoms with Crippen LogP contribution in [0.5, 0.6) is 11.5 Å². The van der Waals surface area contributed by atoms with E-state index in [1.807, 2.05) is 25.1 Å². The van der Waals surface area contributed by atoms with Gasteiger partial charge in [-0.1, -0.05) is 0 Å². The second-order valence-corrected chi connectivity index (χ2v) is 4.48. The number of ether oxygens (including phenoxy) is 2. The maximum Gasteiger partial charge on any atom is 0.165 e. The van der Waals surface area contributed by atoms with Gasteiger partial charge in [-0.25, -0.2) is 0 Å². The second-order valence-electron chi connectivity index (χ2n) is 3.17. The average molecular weight is 226 g/mol. The largest absolute Gasteiger partial charge is 0.497 e. The minimum Gasteiger partial charge on any atom is -0.497 e. The van der Waals surface area contributed by atoms with E-state index in [0.717, 1.165) is 24.2 Å². The van der Waals surface area contributed by atoms with Gasteiger partial charge < -0.3 is 13.9 Å². The molecular weight excluding hydrogens is 208 g/mol. The van der Waals surface area contributed by atoms with Gasteiger partial charge in [0.2, 0.25) is 0 Å². The van der Waals surface area contributed by atoms with Crippen molar-refractivity contribution in [3.05, 3.63) is 23.8 Å². The van der Waals surface area contributed by atoms with Crippen molar-refractivity contribution in [2.45, 2.75) is 13.0 Å². The molecule has 0 atom stereocenters. The molecule has 1 aromatic carbocycles. The maximum atomic E-state index is 5.44. The van der Waals surface area contributed by atoms with E-state index in [2.05, 4.69) is 0 Å². The molecule has 0 N–H and O–H groups in total. The van der Waals surface area contributed by atoms with E-state index in [1.54, 1.807) is 14.2 Å². The highest BCUT2D eigenvalue weighted by molar-refractivity contribution is 6.26. The number of methoxy groups -OCH3 is 2. The normalized spacial score (nSPS) is 10.9. The molecule has 1 rings (SSSR count). The second kappa shape index (κ2) is 6.47. The maximum absolute atomic E-state index is 5.44. The van der Waals surface area contributed by atoms with E-state index < -0.39 is 9.76 Å². The van der Waals surface area contributed by atoms with Gasteiger partial charge in [0.05, 0.1) is 14.2 Å². The Morgan fingerprint density at radius 3 is 2.13 bits per heavy atom. The number of hydrogen-bond acceptors (Lipinski definition) is 3. The van der Waals surface area contributed by atoms with Crippen LogP contribution in [0.2, 0.25) is 0 Å². The molecule has 0 aliphatic rings. The fourth-order valence-corrected chi connectivity index (χ4v) is 2.30. The molecule has 0 aliphatic heterocycles. The Bertz CT molecular complexity index is 280. The highest BCUT2D eigenvalue weighted by atomic mass is 28.2. The Balaban J connectivity index is 2.68. The zero-order chi connectivity index (χ0) is 11.1. The smallest absolute Gasteiger partial charge is 0.165 e. The molecular formula is C11H18O3Si. The van der Waals surface area contributed by atoms with Crippen molar-refractivity contribution >= 4 is 9.76 Å². The van der Waals surface area contributed by atoms with Gasteiger partial charge in [-0.15, -0.1) is 0 Å². The molecule has 0 heterocycles. The summed E-state index contributed by atoms with van der Waals surface area (Å²) in [5, 5.41) is 0. The van der Waals surface area contributed by atoms with E-state index in [-0.39, 0.29) is 0 Å². The Morgan fingerprint density at radius 1 is 1.07 bits per heavy atom. The first-order valence-corrected chi connectivity index (χ1v) is 6.67. The number of rotatable bonds is 6. The van der Waals surface area contributed by atoms with Crippen molar-refractivity contribution in [2.24, 2.45) is 0 Å². The molecule has 3 nitrogen and oxygen atoms in total. The lowest BCUT2D eigenvalue weighted by Gasteiger charge is -2.08. The van der Waals surface area contributed by atoms with Crippen molar-refractivity contribution in [1.29, 1.82) is 0 Å². The predicted octanol–water partition coefficient (Wildman–Crippen LogP) is 1.32. The summed E-state index contributed by atoms with van der Waals surface area (Å²) in [4.78, 5) is 0. The predicted molar refractivity (Wildman–Crippen MR) is 63.4 cm³/mol. The summed E-state index contributed by atoms with van der Waals surface area (Å²) in [5.41, 5.74) is 1.23. The standard InChI is InChI=1S/C11H18O3Si/c1-4-14-15-8-9-5-10(12-2)7-11(6-9)13-3/h5-7H,4,8,15H2,1-3H3. The van der Waals surface area contributed by atoms with Gasteiger partial charge in [-0.2, -0.15) is 0 Å². The van der Waals surface area contributed by atoms with E-state index in [0.29, 0.717) is 0 Å². The lowest BCUT2D eigenvalue weighted by Crippen LogP contribution is -2.03. The van der Waals surface area contributed by atoms with Crippen LogP contribution in [-0.2, 0) is 10.5 Å². The van der Waals surface area contributed by atoms with Gasteiger partial charge in [-0.05, 0) is 30.7 Å². The van der Waals surface area contributed by atoms with Crippen LogP contribution in [0.15, 0.2) is 18.2 Å². The fraction of sp³-hybridized carbons (Fsp3) is 0.455. The summed E-state index contributed by atoms with van der Waals surface area (Å²) < 4.78 is 15.8. The number of benzene rings is 1. The average Bonchev–Trinajstić information content (AvgIpc) is 2.29. The van der Waals surface area contributed by atoms with Gasteiger partial charge in [0.25, 0.3) is 0 Å². The third-order valence-corrected chi connectivity index (χ3v) is 3.63. The zero-order valence-corrected chi connectivity index (χ0v) is 11.0. The molecule has 15 heavy (non-hydrogen) atoms. The highest BCUT2D eigenvalue weighted by Gasteiger charge is 2.01. The molecule has 0 fully saturated rings. The number of hydrogen-bond donors (Lipinski definition) is 0. The lowest BCUT2D eigenvalue weighted by atomic mass is 10.2. The van der Waals surface area contributed by atoms with E-state index >= 15 is 0 Å². The Hall–Kier alpha value is -1.00. The molecule has 0 aromatic heterocycles.